The molecule has 2 fully saturated rings. The minimum Gasteiger partial charge on any atom is -0.338 e. The zero-order chi connectivity index (χ0) is 12.3. The van der Waals surface area contributed by atoms with Gasteiger partial charge in [-0.3, -0.25) is 4.90 Å². The van der Waals surface area contributed by atoms with Gasteiger partial charge in [-0.1, -0.05) is 13.8 Å². The molecule has 0 aromatic carbocycles. The lowest BCUT2D eigenvalue weighted by Crippen LogP contribution is -2.62. The van der Waals surface area contributed by atoms with Gasteiger partial charge in [0, 0.05) is 51.9 Å². The van der Waals surface area contributed by atoms with Gasteiger partial charge in [-0.25, -0.2) is 4.79 Å². The van der Waals surface area contributed by atoms with Crippen molar-refractivity contribution in [3.63, 3.8) is 0 Å². The SMILES string of the molecule is CC(C)CNC(=O)N1CCN(C2CNC2)CC1. The second kappa shape index (κ2) is 5.69. The molecule has 17 heavy (non-hydrogen) atoms. The highest BCUT2D eigenvalue weighted by molar-refractivity contribution is 5.74. The summed E-state index contributed by atoms with van der Waals surface area (Å²) in [5.41, 5.74) is 0. The lowest BCUT2D eigenvalue weighted by atomic mass is 10.1. The fraction of sp³-hybridized carbons (Fsp3) is 0.917. The number of urea groups is 1. The molecule has 0 unspecified atom stereocenters. The summed E-state index contributed by atoms with van der Waals surface area (Å²) in [6.07, 6.45) is 0. The zero-order valence-electron chi connectivity index (χ0n) is 10.9. The monoisotopic (exact) mass is 240 g/mol. The summed E-state index contributed by atoms with van der Waals surface area (Å²) < 4.78 is 0. The first-order chi connectivity index (χ1) is 8.16. The van der Waals surface area contributed by atoms with Crippen LogP contribution in [0.5, 0.6) is 0 Å². The van der Waals surface area contributed by atoms with Crippen LogP contribution in [-0.4, -0.2) is 67.7 Å². The maximum absolute atomic E-state index is 11.8. The summed E-state index contributed by atoms with van der Waals surface area (Å²) in [6, 6.07) is 0.806. The van der Waals surface area contributed by atoms with Crippen LogP contribution >= 0.6 is 0 Å². The molecule has 98 valence electrons. The summed E-state index contributed by atoms with van der Waals surface area (Å²) in [4.78, 5) is 16.3. The lowest BCUT2D eigenvalue weighted by molar-refractivity contribution is 0.0842. The van der Waals surface area contributed by atoms with Crippen molar-refractivity contribution in [2.24, 2.45) is 5.92 Å². The van der Waals surface area contributed by atoms with Crippen molar-refractivity contribution in [1.29, 1.82) is 0 Å². The van der Waals surface area contributed by atoms with E-state index in [9.17, 15) is 4.79 Å². The number of nitrogens with one attached hydrogen (secondary N) is 2. The van der Waals surface area contributed by atoms with Crippen LogP contribution in [0.1, 0.15) is 13.8 Å². The molecular formula is C12H24N4O. The van der Waals surface area contributed by atoms with E-state index < -0.39 is 0 Å². The lowest BCUT2D eigenvalue weighted by Gasteiger charge is -2.43. The third kappa shape index (κ3) is 3.33. The van der Waals surface area contributed by atoms with Gasteiger partial charge < -0.3 is 15.5 Å². The van der Waals surface area contributed by atoms with Crippen LogP contribution < -0.4 is 10.6 Å². The average Bonchev–Trinajstić information content (AvgIpc) is 2.24. The Morgan fingerprint density at radius 3 is 2.41 bits per heavy atom. The highest BCUT2D eigenvalue weighted by Crippen LogP contribution is 2.09. The van der Waals surface area contributed by atoms with Crippen molar-refractivity contribution < 1.29 is 4.79 Å². The van der Waals surface area contributed by atoms with Crippen LogP contribution in [0.25, 0.3) is 0 Å². The van der Waals surface area contributed by atoms with Crippen LogP contribution in [0.15, 0.2) is 0 Å². The van der Waals surface area contributed by atoms with E-state index in [0.29, 0.717) is 12.0 Å². The fourth-order valence-corrected chi connectivity index (χ4v) is 2.23. The van der Waals surface area contributed by atoms with Gasteiger partial charge in [0.1, 0.15) is 0 Å². The number of rotatable bonds is 3. The van der Waals surface area contributed by atoms with E-state index in [1.165, 1.54) is 0 Å². The van der Waals surface area contributed by atoms with Crippen molar-refractivity contribution in [3.8, 4) is 0 Å². The Morgan fingerprint density at radius 2 is 1.94 bits per heavy atom. The Labute approximate surface area is 104 Å². The molecule has 2 amide bonds. The molecule has 0 saturated carbocycles. The van der Waals surface area contributed by atoms with Gasteiger partial charge in [-0.2, -0.15) is 0 Å². The van der Waals surface area contributed by atoms with Gasteiger partial charge in [0.05, 0.1) is 0 Å². The minimum absolute atomic E-state index is 0.102. The summed E-state index contributed by atoms with van der Waals surface area (Å²) in [5, 5.41) is 6.27. The fourth-order valence-electron chi connectivity index (χ4n) is 2.23. The maximum atomic E-state index is 11.8. The van der Waals surface area contributed by atoms with E-state index in [2.05, 4.69) is 29.4 Å². The van der Waals surface area contributed by atoms with Gasteiger partial charge in [0.2, 0.25) is 0 Å². The van der Waals surface area contributed by atoms with E-state index in [4.69, 9.17) is 0 Å². The molecule has 0 aromatic heterocycles. The number of carbonyl (C=O) groups is 1. The van der Waals surface area contributed by atoms with Gasteiger partial charge in [-0.05, 0) is 5.92 Å². The molecule has 0 radical (unpaired) electrons. The summed E-state index contributed by atoms with van der Waals surface area (Å²) in [5.74, 6) is 0.515. The maximum Gasteiger partial charge on any atom is 0.317 e. The van der Waals surface area contributed by atoms with E-state index in [1.807, 2.05) is 4.90 Å². The molecule has 5 nitrogen and oxygen atoms in total. The number of nitrogens with zero attached hydrogens (tertiary/aromatic N) is 2. The molecule has 0 aliphatic carbocycles. The third-order valence-electron chi connectivity index (χ3n) is 3.54. The molecule has 2 N–H and O–H groups in total. The molecular weight excluding hydrogens is 216 g/mol. The highest BCUT2D eigenvalue weighted by Gasteiger charge is 2.28. The van der Waals surface area contributed by atoms with Crippen LogP contribution in [-0.2, 0) is 0 Å². The average molecular weight is 240 g/mol. The number of hydrogen-bond acceptors (Lipinski definition) is 3. The Morgan fingerprint density at radius 1 is 1.29 bits per heavy atom. The number of amides is 2. The molecule has 2 aliphatic heterocycles. The molecule has 2 saturated heterocycles. The Balaban J connectivity index is 1.68. The second-order valence-corrected chi connectivity index (χ2v) is 5.41. The number of piperazine rings is 1. The van der Waals surface area contributed by atoms with Gasteiger partial charge in [0.15, 0.2) is 0 Å². The Kier molecular flexibility index (Phi) is 4.23. The standard InChI is InChI=1S/C12H24N4O/c1-10(2)7-14-12(17)16-5-3-15(4-6-16)11-8-13-9-11/h10-11,13H,3-9H2,1-2H3,(H,14,17). The quantitative estimate of drug-likeness (QED) is 0.726. The number of carbonyl (C=O) groups excluding carboxylic acids is 1. The molecule has 0 spiro atoms. The van der Waals surface area contributed by atoms with Crippen molar-refractivity contribution in [2.45, 2.75) is 19.9 Å². The first-order valence-electron chi connectivity index (χ1n) is 6.64. The van der Waals surface area contributed by atoms with Crippen LogP contribution in [0.4, 0.5) is 4.79 Å². The third-order valence-corrected chi connectivity index (χ3v) is 3.54. The molecule has 2 rings (SSSR count). The highest BCUT2D eigenvalue weighted by atomic mass is 16.2. The summed E-state index contributed by atoms with van der Waals surface area (Å²) >= 11 is 0. The van der Waals surface area contributed by atoms with E-state index in [0.717, 1.165) is 45.8 Å². The molecule has 5 heteroatoms. The van der Waals surface area contributed by atoms with Crippen molar-refractivity contribution >= 4 is 6.03 Å². The van der Waals surface area contributed by atoms with Crippen molar-refractivity contribution in [1.82, 2.24) is 20.4 Å². The summed E-state index contributed by atoms with van der Waals surface area (Å²) in [7, 11) is 0. The predicted molar refractivity (Wildman–Crippen MR) is 68.0 cm³/mol. The summed E-state index contributed by atoms with van der Waals surface area (Å²) in [6.45, 7) is 11.0. The van der Waals surface area contributed by atoms with Gasteiger partial charge in [-0.15, -0.1) is 0 Å². The minimum atomic E-state index is 0.102. The predicted octanol–water partition coefficient (Wildman–Crippen LogP) is -0.0586. The Bertz CT molecular complexity index is 257. The van der Waals surface area contributed by atoms with E-state index >= 15 is 0 Å². The van der Waals surface area contributed by atoms with Crippen molar-refractivity contribution in [2.75, 3.05) is 45.8 Å². The largest absolute Gasteiger partial charge is 0.338 e. The zero-order valence-corrected chi connectivity index (χ0v) is 10.9. The molecule has 0 aromatic rings. The first-order valence-corrected chi connectivity index (χ1v) is 6.64. The second-order valence-electron chi connectivity index (χ2n) is 5.41. The molecule has 0 atom stereocenters. The van der Waals surface area contributed by atoms with Gasteiger partial charge in [0.25, 0.3) is 0 Å². The van der Waals surface area contributed by atoms with Crippen molar-refractivity contribution in [3.05, 3.63) is 0 Å². The normalized spacial score (nSPS) is 22.6. The smallest absolute Gasteiger partial charge is 0.317 e. The molecule has 2 heterocycles. The van der Waals surface area contributed by atoms with E-state index in [1.54, 1.807) is 0 Å². The first kappa shape index (κ1) is 12.6. The van der Waals surface area contributed by atoms with Crippen LogP contribution in [0, 0.1) is 5.92 Å². The topological polar surface area (TPSA) is 47.6 Å². The van der Waals surface area contributed by atoms with E-state index in [-0.39, 0.29) is 6.03 Å². The van der Waals surface area contributed by atoms with Crippen LogP contribution in [0.2, 0.25) is 0 Å². The van der Waals surface area contributed by atoms with Crippen LogP contribution in [0.3, 0.4) is 0 Å². The van der Waals surface area contributed by atoms with Gasteiger partial charge >= 0.3 is 6.03 Å². The number of hydrogen-bond donors (Lipinski definition) is 2. The molecule has 2 aliphatic rings. The molecule has 0 bridgehead atoms. The Hall–Kier alpha value is -0.810.